The lowest BCUT2D eigenvalue weighted by molar-refractivity contribution is 0.469. The van der Waals surface area contributed by atoms with Gasteiger partial charge in [0.1, 0.15) is 46.6 Å². The maximum Gasteiger partial charge on any atom is 0.266 e. The first-order chi connectivity index (χ1) is 17.8. The number of anilines is 1. The Morgan fingerprint density at radius 1 is 1.11 bits per heavy atom. The van der Waals surface area contributed by atoms with E-state index in [-0.39, 0.29) is 23.7 Å². The van der Waals surface area contributed by atoms with Crippen molar-refractivity contribution in [2.24, 2.45) is 0 Å². The van der Waals surface area contributed by atoms with E-state index in [0.29, 0.717) is 44.0 Å². The van der Waals surface area contributed by atoms with E-state index in [2.05, 4.69) is 15.1 Å². The van der Waals surface area contributed by atoms with E-state index < -0.39 is 5.82 Å². The number of benzene rings is 2. The van der Waals surface area contributed by atoms with Crippen LogP contribution in [0.15, 0.2) is 59.7 Å². The molecule has 4 aromatic heterocycles. The van der Waals surface area contributed by atoms with Crippen molar-refractivity contribution in [3.63, 3.8) is 0 Å². The fraction of sp³-hybridized carbons (Fsp3) is 0.115. The highest BCUT2D eigenvalue weighted by molar-refractivity contribution is 7.18. The summed E-state index contributed by atoms with van der Waals surface area (Å²) in [5.74, 6) is -0.268. The normalized spacial score (nSPS) is 11.5. The molecule has 37 heavy (non-hydrogen) atoms. The summed E-state index contributed by atoms with van der Waals surface area (Å²) >= 11 is 1.44. The highest BCUT2D eigenvalue weighted by atomic mass is 32.1. The highest BCUT2D eigenvalue weighted by Gasteiger charge is 2.22. The number of halogens is 1. The number of hydrogen-bond acceptors (Lipinski definition) is 8. The Morgan fingerprint density at radius 2 is 1.92 bits per heavy atom. The van der Waals surface area contributed by atoms with Crippen LogP contribution in [0.5, 0.6) is 5.75 Å². The van der Waals surface area contributed by atoms with Gasteiger partial charge >= 0.3 is 0 Å². The van der Waals surface area contributed by atoms with Crippen molar-refractivity contribution in [1.29, 1.82) is 0 Å². The van der Waals surface area contributed by atoms with Gasteiger partial charge < -0.3 is 10.8 Å². The molecule has 9 nitrogen and oxygen atoms in total. The van der Waals surface area contributed by atoms with Crippen molar-refractivity contribution < 1.29 is 9.50 Å². The molecule has 0 unspecified atom stereocenters. The molecule has 4 heterocycles. The van der Waals surface area contributed by atoms with E-state index in [4.69, 9.17) is 10.7 Å². The maximum absolute atomic E-state index is 14.1. The largest absolute Gasteiger partial charge is 0.508 e. The third-order valence-electron chi connectivity index (χ3n) is 6.12. The van der Waals surface area contributed by atoms with Gasteiger partial charge in [0.25, 0.3) is 5.56 Å². The minimum Gasteiger partial charge on any atom is -0.508 e. The van der Waals surface area contributed by atoms with Gasteiger partial charge in [-0.3, -0.25) is 9.36 Å². The number of hydrogen-bond donors (Lipinski definition) is 2. The first-order valence-electron chi connectivity index (χ1n) is 11.3. The van der Waals surface area contributed by atoms with Gasteiger partial charge in [-0.1, -0.05) is 18.2 Å². The Labute approximate surface area is 213 Å². The van der Waals surface area contributed by atoms with E-state index in [1.807, 2.05) is 44.2 Å². The average molecular weight is 514 g/mol. The number of fused-ring (bicyclic) bond motifs is 2. The van der Waals surface area contributed by atoms with Gasteiger partial charge in [-0.25, -0.2) is 24.0 Å². The van der Waals surface area contributed by atoms with Gasteiger partial charge in [-0.2, -0.15) is 5.10 Å². The molecule has 0 fully saturated rings. The lowest BCUT2D eigenvalue weighted by Gasteiger charge is -2.15. The number of thiophene rings is 1. The molecule has 0 aliphatic rings. The minimum atomic E-state index is -0.623. The van der Waals surface area contributed by atoms with Crippen LogP contribution in [0.3, 0.4) is 0 Å². The van der Waals surface area contributed by atoms with E-state index in [9.17, 15) is 14.3 Å². The second-order valence-corrected chi connectivity index (χ2v) is 9.93. The molecule has 0 radical (unpaired) electrons. The predicted molar refractivity (Wildman–Crippen MR) is 141 cm³/mol. The summed E-state index contributed by atoms with van der Waals surface area (Å²) in [5.41, 5.74) is 8.64. The number of phenols is 1. The number of nitrogens with zero attached hydrogens (tertiary/aromatic N) is 6. The molecule has 6 rings (SSSR count). The van der Waals surface area contributed by atoms with Gasteiger partial charge in [0.2, 0.25) is 0 Å². The monoisotopic (exact) mass is 513 g/mol. The first kappa shape index (κ1) is 22.8. The highest BCUT2D eigenvalue weighted by Crippen LogP contribution is 2.33. The van der Waals surface area contributed by atoms with Gasteiger partial charge in [0.15, 0.2) is 5.65 Å². The topological polar surface area (TPSA) is 125 Å². The summed E-state index contributed by atoms with van der Waals surface area (Å²) in [4.78, 5) is 28.6. The molecule has 0 bridgehead atoms. The number of phenolic OH excluding ortho intramolecular Hbond substituents is 1. The number of aromatic hydroxyl groups is 1. The Bertz CT molecular complexity index is 1890. The zero-order valence-corrected chi connectivity index (χ0v) is 20.6. The smallest absolute Gasteiger partial charge is 0.266 e. The summed E-state index contributed by atoms with van der Waals surface area (Å²) in [6.45, 7) is 3.94. The minimum absolute atomic E-state index is 0.0741. The third kappa shape index (κ3) is 3.80. The fourth-order valence-electron chi connectivity index (χ4n) is 4.50. The second-order valence-electron chi connectivity index (χ2n) is 8.69. The number of nitrogen functional groups attached to an aromatic ring is 1. The van der Waals surface area contributed by atoms with Crippen LogP contribution < -0.4 is 11.3 Å². The van der Waals surface area contributed by atoms with Crippen molar-refractivity contribution in [2.75, 3.05) is 5.73 Å². The molecule has 3 N–H and O–H groups in total. The molecule has 0 aliphatic carbocycles. The van der Waals surface area contributed by atoms with Gasteiger partial charge in [0.05, 0.1) is 16.5 Å². The molecule has 0 amide bonds. The molecule has 0 saturated carbocycles. The van der Waals surface area contributed by atoms with E-state index >= 15 is 0 Å². The van der Waals surface area contributed by atoms with Crippen molar-refractivity contribution >= 4 is 38.4 Å². The molecule has 0 aliphatic heterocycles. The molecule has 0 saturated heterocycles. The number of rotatable bonds is 4. The number of aryl methyl sites for hydroxylation is 2. The SMILES string of the molecule is Cc1cc2c(=O)n(-c3ccccc3C)c(Cn3nc(-c4cc(O)cc(F)c4)c4c(N)ncnc43)nc2s1. The van der Waals surface area contributed by atoms with E-state index in [0.717, 1.165) is 16.5 Å². The van der Waals surface area contributed by atoms with Crippen LogP contribution in [0.2, 0.25) is 0 Å². The van der Waals surface area contributed by atoms with Crippen LogP contribution in [0, 0.1) is 19.7 Å². The van der Waals surface area contributed by atoms with Crippen LogP contribution in [-0.4, -0.2) is 34.4 Å². The van der Waals surface area contributed by atoms with Crippen molar-refractivity contribution in [1.82, 2.24) is 29.3 Å². The molecular formula is C26H20FN7O2S. The van der Waals surface area contributed by atoms with Gasteiger partial charge in [-0.15, -0.1) is 11.3 Å². The van der Waals surface area contributed by atoms with Crippen LogP contribution >= 0.6 is 11.3 Å². The van der Waals surface area contributed by atoms with Gasteiger partial charge in [-0.05, 0) is 43.7 Å². The predicted octanol–water partition coefficient (Wildman–Crippen LogP) is 4.35. The summed E-state index contributed by atoms with van der Waals surface area (Å²) in [5, 5.41) is 15.6. The maximum atomic E-state index is 14.1. The molecule has 184 valence electrons. The Hall–Kier alpha value is -4.64. The zero-order valence-electron chi connectivity index (χ0n) is 19.8. The standard InChI is InChI=1S/C26H20FN7O2S/c1-13-5-3-4-6-19(13)34-20(31-25-18(26(34)36)7-14(2)37-25)11-33-24-21(23(28)29-12-30-24)22(32-33)15-8-16(27)10-17(35)9-15/h3-10,12,35H,11H2,1-2H3,(H2,28,29,30). The summed E-state index contributed by atoms with van der Waals surface area (Å²) in [6, 6.07) is 13.1. The van der Waals surface area contributed by atoms with Crippen LogP contribution in [-0.2, 0) is 6.54 Å². The fourth-order valence-corrected chi connectivity index (χ4v) is 5.39. The zero-order chi connectivity index (χ0) is 25.8. The molecule has 2 aromatic carbocycles. The Morgan fingerprint density at radius 3 is 2.70 bits per heavy atom. The molecule has 6 aromatic rings. The van der Waals surface area contributed by atoms with E-state index in [1.54, 1.807) is 9.25 Å². The lowest BCUT2D eigenvalue weighted by atomic mass is 10.1. The molecule has 0 spiro atoms. The van der Waals surface area contributed by atoms with Crippen LogP contribution in [0.4, 0.5) is 10.2 Å². The number of para-hydroxylation sites is 1. The third-order valence-corrected chi connectivity index (χ3v) is 7.06. The number of nitrogens with two attached hydrogens (primary N) is 1. The van der Waals surface area contributed by atoms with E-state index in [1.165, 1.54) is 29.8 Å². The number of aromatic nitrogens is 6. The Balaban J connectivity index is 1.61. The van der Waals surface area contributed by atoms with Crippen LogP contribution in [0.25, 0.3) is 38.2 Å². The summed E-state index contributed by atoms with van der Waals surface area (Å²) < 4.78 is 17.3. The first-order valence-corrected chi connectivity index (χ1v) is 12.2. The molecule has 0 atom stereocenters. The van der Waals surface area contributed by atoms with Crippen molar-refractivity contribution in [2.45, 2.75) is 20.4 Å². The molecule has 11 heteroatoms. The van der Waals surface area contributed by atoms with Crippen molar-refractivity contribution in [3.05, 3.63) is 87.3 Å². The summed E-state index contributed by atoms with van der Waals surface area (Å²) in [6.07, 6.45) is 1.32. The molecular weight excluding hydrogens is 493 g/mol. The summed E-state index contributed by atoms with van der Waals surface area (Å²) in [7, 11) is 0. The van der Waals surface area contributed by atoms with Crippen molar-refractivity contribution in [3.8, 4) is 22.7 Å². The quantitative estimate of drug-likeness (QED) is 0.359. The lowest BCUT2D eigenvalue weighted by Crippen LogP contribution is -2.25. The van der Waals surface area contributed by atoms with Crippen LogP contribution in [0.1, 0.15) is 16.3 Å². The Kier molecular flexibility index (Phi) is 5.23. The second kappa shape index (κ2) is 8.49. The van der Waals surface area contributed by atoms with Gasteiger partial charge in [0, 0.05) is 16.5 Å². The average Bonchev–Trinajstić information content (AvgIpc) is 3.41.